The summed E-state index contributed by atoms with van der Waals surface area (Å²) >= 11 is 0. The van der Waals surface area contributed by atoms with E-state index in [-0.39, 0.29) is 6.54 Å². The summed E-state index contributed by atoms with van der Waals surface area (Å²) in [4.78, 5) is 14.3. The fraction of sp³-hybridized carbons (Fsp3) is 0.400. The van der Waals surface area contributed by atoms with E-state index >= 15 is 0 Å². The third-order valence-corrected chi connectivity index (χ3v) is 4.22. The van der Waals surface area contributed by atoms with E-state index in [0.29, 0.717) is 12.8 Å². The standard InChI is InChI=1S/C10H11FN2O4S/c11-7-2-1-5-12-8(7)18(16,17)13-6-10(3-4-10)9(14)15/h1-2,5,13H,3-4,6H2,(H,14,15). The number of hydrogen-bond donors (Lipinski definition) is 2. The van der Waals surface area contributed by atoms with Gasteiger partial charge in [-0.15, -0.1) is 0 Å². The van der Waals surface area contributed by atoms with Gasteiger partial charge in [-0.2, -0.15) is 0 Å². The molecule has 0 saturated heterocycles. The van der Waals surface area contributed by atoms with E-state index in [0.717, 1.165) is 12.3 Å². The molecule has 1 aliphatic carbocycles. The number of nitrogens with zero attached hydrogens (tertiary/aromatic N) is 1. The molecule has 0 spiro atoms. The second-order valence-electron chi connectivity index (χ2n) is 4.20. The molecule has 1 aromatic rings. The number of pyridine rings is 1. The molecule has 6 nitrogen and oxygen atoms in total. The Balaban J connectivity index is 2.14. The van der Waals surface area contributed by atoms with Gasteiger partial charge in [-0.3, -0.25) is 4.79 Å². The highest BCUT2D eigenvalue weighted by atomic mass is 32.2. The molecule has 8 heteroatoms. The number of aliphatic carboxylic acids is 1. The van der Waals surface area contributed by atoms with Crippen molar-refractivity contribution in [3.05, 3.63) is 24.1 Å². The highest BCUT2D eigenvalue weighted by Gasteiger charge is 2.50. The van der Waals surface area contributed by atoms with Crippen LogP contribution in [0.5, 0.6) is 0 Å². The van der Waals surface area contributed by atoms with Gasteiger partial charge < -0.3 is 5.11 Å². The Kier molecular flexibility index (Phi) is 3.07. The molecule has 2 N–H and O–H groups in total. The Labute approximate surface area is 103 Å². The summed E-state index contributed by atoms with van der Waals surface area (Å²) in [7, 11) is -4.12. The number of aromatic nitrogens is 1. The minimum atomic E-state index is -4.12. The Bertz CT molecular complexity index is 583. The number of hydrogen-bond acceptors (Lipinski definition) is 4. The van der Waals surface area contributed by atoms with Crippen molar-refractivity contribution in [1.82, 2.24) is 9.71 Å². The van der Waals surface area contributed by atoms with Crippen LogP contribution in [0.15, 0.2) is 23.4 Å². The smallest absolute Gasteiger partial charge is 0.310 e. The average molecular weight is 274 g/mol. The lowest BCUT2D eigenvalue weighted by Crippen LogP contribution is -2.35. The predicted molar refractivity (Wildman–Crippen MR) is 58.7 cm³/mol. The molecule has 18 heavy (non-hydrogen) atoms. The van der Waals surface area contributed by atoms with Crippen LogP contribution in [0, 0.1) is 11.2 Å². The van der Waals surface area contributed by atoms with Crippen molar-refractivity contribution in [2.45, 2.75) is 17.9 Å². The van der Waals surface area contributed by atoms with Crippen LogP contribution in [0.1, 0.15) is 12.8 Å². The van der Waals surface area contributed by atoms with E-state index in [9.17, 15) is 17.6 Å². The van der Waals surface area contributed by atoms with Gasteiger partial charge in [-0.1, -0.05) is 0 Å². The van der Waals surface area contributed by atoms with Crippen molar-refractivity contribution in [2.75, 3.05) is 6.54 Å². The zero-order chi connectivity index (χ0) is 13.4. The maximum atomic E-state index is 13.3. The molecule has 98 valence electrons. The van der Waals surface area contributed by atoms with Crippen LogP contribution >= 0.6 is 0 Å². The molecule has 1 aromatic heterocycles. The van der Waals surface area contributed by atoms with Gasteiger partial charge >= 0.3 is 5.97 Å². The Morgan fingerprint density at radius 2 is 2.22 bits per heavy atom. The number of nitrogens with one attached hydrogen (secondary N) is 1. The lowest BCUT2D eigenvalue weighted by molar-refractivity contribution is -0.143. The third kappa shape index (κ3) is 2.34. The number of rotatable bonds is 5. The summed E-state index contributed by atoms with van der Waals surface area (Å²) in [5.41, 5.74) is -1.04. The zero-order valence-electron chi connectivity index (χ0n) is 9.26. The summed E-state index contributed by atoms with van der Waals surface area (Å²) in [6.07, 6.45) is 1.98. The second kappa shape index (κ2) is 4.29. The van der Waals surface area contributed by atoms with E-state index in [1.807, 2.05) is 0 Å². The molecule has 0 bridgehead atoms. The Hall–Kier alpha value is -1.54. The fourth-order valence-electron chi connectivity index (χ4n) is 1.49. The molecule has 1 aliphatic rings. The van der Waals surface area contributed by atoms with Crippen molar-refractivity contribution < 1.29 is 22.7 Å². The summed E-state index contributed by atoms with van der Waals surface area (Å²) in [5, 5.41) is 8.18. The van der Waals surface area contributed by atoms with Crippen molar-refractivity contribution in [3.63, 3.8) is 0 Å². The molecule has 1 saturated carbocycles. The molecule has 0 aliphatic heterocycles. The minimum Gasteiger partial charge on any atom is -0.481 e. The summed E-state index contributed by atoms with van der Waals surface area (Å²) < 4.78 is 38.9. The quantitative estimate of drug-likeness (QED) is 0.808. The molecule has 1 heterocycles. The summed E-state index contributed by atoms with van der Waals surface area (Å²) in [5.74, 6) is -2.02. The zero-order valence-corrected chi connectivity index (χ0v) is 10.1. The fourth-order valence-corrected chi connectivity index (χ4v) is 2.62. The lowest BCUT2D eigenvalue weighted by Gasteiger charge is -2.11. The lowest BCUT2D eigenvalue weighted by atomic mass is 10.1. The SMILES string of the molecule is O=C(O)C1(CNS(=O)(=O)c2ncccc2F)CC1. The molecule has 0 aromatic carbocycles. The number of sulfonamides is 1. The first-order chi connectivity index (χ1) is 8.37. The van der Waals surface area contributed by atoms with Gasteiger partial charge in [0.25, 0.3) is 10.0 Å². The molecule has 0 radical (unpaired) electrons. The van der Waals surface area contributed by atoms with Crippen molar-refractivity contribution in [3.8, 4) is 0 Å². The molecule has 0 unspecified atom stereocenters. The monoisotopic (exact) mass is 274 g/mol. The molecule has 0 amide bonds. The van der Waals surface area contributed by atoms with Gasteiger partial charge in [0.1, 0.15) is 0 Å². The number of carboxylic acids is 1. The first-order valence-corrected chi connectivity index (χ1v) is 6.69. The first kappa shape index (κ1) is 12.9. The van der Waals surface area contributed by atoms with E-state index in [2.05, 4.69) is 9.71 Å². The normalized spacial score (nSPS) is 17.4. The molecule has 2 rings (SSSR count). The van der Waals surface area contributed by atoms with Crippen LogP contribution in [0.25, 0.3) is 0 Å². The maximum Gasteiger partial charge on any atom is 0.310 e. The summed E-state index contributed by atoms with van der Waals surface area (Å²) in [6, 6.07) is 2.25. The van der Waals surface area contributed by atoms with E-state index in [1.54, 1.807) is 0 Å². The maximum absolute atomic E-state index is 13.3. The van der Waals surface area contributed by atoms with Gasteiger partial charge in [0.2, 0.25) is 5.03 Å². The van der Waals surface area contributed by atoms with Gasteiger partial charge in [0, 0.05) is 12.7 Å². The third-order valence-electron chi connectivity index (χ3n) is 2.89. The number of carboxylic acid groups (broad SMARTS) is 1. The minimum absolute atomic E-state index is 0.249. The van der Waals surface area contributed by atoms with Gasteiger partial charge in [-0.05, 0) is 25.0 Å². The van der Waals surface area contributed by atoms with Crippen LogP contribution < -0.4 is 4.72 Å². The van der Waals surface area contributed by atoms with Crippen molar-refractivity contribution in [2.24, 2.45) is 5.41 Å². The van der Waals surface area contributed by atoms with Gasteiger partial charge in [0.15, 0.2) is 5.82 Å². The van der Waals surface area contributed by atoms with E-state index < -0.39 is 32.3 Å². The number of carbonyl (C=O) groups is 1. The molecule has 1 fully saturated rings. The van der Waals surface area contributed by atoms with Crippen LogP contribution in [0.4, 0.5) is 4.39 Å². The summed E-state index contributed by atoms with van der Waals surface area (Å²) in [6.45, 7) is -0.249. The molecular weight excluding hydrogens is 263 g/mol. The van der Waals surface area contributed by atoms with E-state index in [1.165, 1.54) is 6.07 Å². The van der Waals surface area contributed by atoms with E-state index in [4.69, 9.17) is 5.11 Å². The molecular formula is C10H11FN2O4S. The van der Waals surface area contributed by atoms with Crippen LogP contribution in [-0.4, -0.2) is 31.0 Å². The second-order valence-corrected chi connectivity index (χ2v) is 5.88. The van der Waals surface area contributed by atoms with Gasteiger partial charge in [-0.25, -0.2) is 22.5 Å². The van der Waals surface area contributed by atoms with Crippen molar-refractivity contribution in [1.29, 1.82) is 0 Å². The first-order valence-electron chi connectivity index (χ1n) is 5.21. The predicted octanol–water partition coefficient (Wildman–Crippen LogP) is 0.364. The highest BCUT2D eigenvalue weighted by molar-refractivity contribution is 7.89. The topological polar surface area (TPSA) is 96.4 Å². The highest BCUT2D eigenvalue weighted by Crippen LogP contribution is 2.45. The van der Waals surface area contributed by atoms with Crippen LogP contribution in [0.3, 0.4) is 0 Å². The average Bonchev–Trinajstić information content (AvgIpc) is 3.08. The Morgan fingerprint density at radius 1 is 1.56 bits per heavy atom. The largest absolute Gasteiger partial charge is 0.481 e. The van der Waals surface area contributed by atoms with Crippen LogP contribution in [-0.2, 0) is 14.8 Å². The number of halogens is 1. The van der Waals surface area contributed by atoms with Crippen molar-refractivity contribution >= 4 is 16.0 Å². The Morgan fingerprint density at radius 3 is 2.72 bits per heavy atom. The molecule has 0 atom stereocenters. The van der Waals surface area contributed by atoms with Gasteiger partial charge in [0.05, 0.1) is 5.41 Å². The van der Waals surface area contributed by atoms with Crippen LogP contribution in [0.2, 0.25) is 0 Å².